The van der Waals surface area contributed by atoms with Crippen molar-refractivity contribution in [3.05, 3.63) is 54.6 Å². The Morgan fingerprint density at radius 2 is 1.81 bits per heavy atom. The molecule has 138 valence electrons. The van der Waals surface area contributed by atoms with Crippen LogP contribution in [-0.2, 0) is 4.74 Å². The van der Waals surface area contributed by atoms with E-state index >= 15 is 0 Å². The molecule has 2 amide bonds. The lowest BCUT2D eigenvalue weighted by atomic mass is 10.2. The minimum absolute atomic E-state index is 0.0835. The minimum Gasteiger partial charge on any atom is -0.455 e. The van der Waals surface area contributed by atoms with Crippen LogP contribution in [0.15, 0.2) is 54.6 Å². The number of alkyl halides is 3. The molecule has 0 radical (unpaired) electrons. The summed E-state index contributed by atoms with van der Waals surface area (Å²) in [5.74, 6) is 0.977. The molecule has 1 aliphatic rings. The molecule has 0 aliphatic carbocycles. The normalized spacial score (nSPS) is 17.7. The summed E-state index contributed by atoms with van der Waals surface area (Å²) in [5, 5.41) is 2.61. The molecule has 0 unspecified atom stereocenters. The molecule has 2 aromatic rings. The summed E-state index contributed by atoms with van der Waals surface area (Å²) >= 11 is 0. The summed E-state index contributed by atoms with van der Waals surface area (Å²) in [5.41, 5.74) is 0.372. The number of hydrogen-bond donors (Lipinski definition) is 1. The van der Waals surface area contributed by atoms with Crippen molar-refractivity contribution in [3.8, 4) is 11.5 Å². The monoisotopic (exact) mass is 366 g/mol. The first-order valence-corrected chi connectivity index (χ1v) is 7.99. The third kappa shape index (κ3) is 4.45. The predicted octanol–water partition coefficient (Wildman–Crippen LogP) is 4.27. The van der Waals surface area contributed by atoms with Gasteiger partial charge in [-0.2, -0.15) is 13.2 Å². The molecule has 2 aromatic carbocycles. The van der Waals surface area contributed by atoms with E-state index in [-0.39, 0.29) is 13.2 Å². The number of hydrogen-bond acceptors (Lipinski definition) is 3. The lowest BCUT2D eigenvalue weighted by Gasteiger charge is -2.33. The Hall–Kier alpha value is -2.74. The highest BCUT2D eigenvalue weighted by atomic mass is 19.4. The lowest BCUT2D eigenvalue weighted by Crippen LogP contribution is -2.52. The first kappa shape index (κ1) is 18.1. The second kappa shape index (κ2) is 7.65. The Morgan fingerprint density at radius 1 is 1.12 bits per heavy atom. The molecule has 0 aromatic heterocycles. The number of anilines is 1. The van der Waals surface area contributed by atoms with Crippen LogP contribution in [0.4, 0.5) is 23.7 Å². The zero-order chi connectivity index (χ0) is 18.6. The maximum absolute atomic E-state index is 12.8. The highest BCUT2D eigenvalue weighted by molar-refractivity contribution is 5.91. The van der Waals surface area contributed by atoms with Gasteiger partial charge in [0.05, 0.1) is 18.8 Å². The fourth-order valence-corrected chi connectivity index (χ4v) is 2.50. The van der Waals surface area contributed by atoms with Gasteiger partial charge in [0, 0.05) is 6.54 Å². The van der Waals surface area contributed by atoms with Gasteiger partial charge in [-0.05, 0) is 24.3 Å². The summed E-state index contributed by atoms with van der Waals surface area (Å²) in [7, 11) is 0. The number of halogens is 3. The number of ether oxygens (including phenoxy) is 2. The van der Waals surface area contributed by atoms with Crippen LogP contribution in [0.3, 0.4) is 0 Å². The molecule has 8 heteroatoms. The highest BCUT2D eigenvalue weighted by Crippen LogP contribution is 2.30. The number of nitrogens with one attached hydrogen (secondary N) is 1. The maximum atomic E-state index is 12.8. The summed E-state index contributed by atoms with van der Waals surface area (Å²) in [6.45, 7) is -0.628. The number of carbonyl (C=O) groups excluding carboxylic acids is 1. The van der Waals surface area contributed by atoms with Crippen molar-refractivity contribution >= 4 is 11.7 Å². The average molecular weight is 366 g/mol. The molecule has 1 fully saturated rings. The number of nitrogens with zero attached hydrogens (tertiary/aromatic N) is 1. The van der Waals surface area contributed by atoms with Crippen molar-refractivity contribution in [3.63, 3.8) is 0 Å². The molecule has 3 rings (SSSR count). The molecule has 1 heterocycles. The van der Waals surface area contributed by atoms with E-state index in [9.17, 15) is 18.0 Å². The molecule has 0 bridgehead atoms. The van der Waals surface area contributed by atoms with Gasteiger partial charge in [0.2, 0.25) is 0 Å². The number of rotatable bonds is 3. The number of urea groups is 1. The van der Waals surface area contributed by atoms with Gasteiger partial charge >= 0.3 is 12.2 Å². The molecule has 26 heavy (non-hydrogen) atoms. The molecule has 0 saturated carbocycles. The van der Waals surface area contributed by atoms with Crippen LogP contribution in [0.25, 0.3) is 0 Å². The van der Waals surface area contributed by atoms with Crippen LogP contribution in [0.1, 0.15) is 0 Å². The fraction of sp³-hybridized carbons (Fsp3) is 0.278. The molecular weight excluding hydrogens is 349 g/mol. The largest absolute Gasteiger partial charge is 0.455 e. The maximum Gasteiger partial charge on any atom is 0.416 e. The van der Waals surface area contributed by atoms with Crippen LogP contribution < -0.4 is 10.1 Å². The van der Waals surface area contributed by atoms with E-state index in [1.807, 2.05) is 18.2 Å². The van der Waals surface area contributed by atoms with E-state index in [2.05, 4.69) is 5.32 Å². The van der Waals surface area contributed by atoms with E-state index in [0.29, 0.717) is 17.2 Å². The first-order valence-electron chi connectivity index (χ1n) is 7.99. The van der Waals surface area contributed by atoms with Crippen molar-refractivity contribution in [1.29, 1.82) is 0 Å². The van der Waals surface area contributed by atoms with E-state index in [4.69, 9.17) is 9.47 Å². The number of carbonyl (C=O) groups is 1. The summed E-state index contributed by atoms with van der Waals surface area (Å²) in [4.78, 5) is 13.5. The van der Waals surface area contributed by atoms with Gasteiger partial charge < -0.3 is 19.7 Å². The summed E-state index contributed by atoms with van der Waals surface area (Å²) in [6, 6.07) is 15.1. The minimum atomic E-state index is -4.51. The molecule has 1 atom stereocenters. The van der Waals surface area contributed by atoms with Crippen molar-refractivity contribution in [1.82, 2.24) is 4.90 Å². The Morgan fingerprint density at radius 3 is 2.54 bits per heavy atom. The Labute approximate surface area is 148 Å². The average Bonchev–Trinajstić information content (AvgIpc) is 2.63. The van der Waals surface area contributed by atoms with E-state index < -0.39 is 24.9 Å². The van der Waals surface area contributed by atoms with E-state index in [0.717, 1.165) is 4.90 Å². The van der Waals surface area contributed by atoms with Crippen LogP contribution in [0, 0.1) is 0 Å². The third-order valence-electron chi connectivity index (χ3n) is 3.82. The molecular formula is C18H17F3N2O3. The van der Waals surface area contributed by atoms with Crippen LogP contribution in [0.2, 0.25) is 0 Å². The number of benzene rings is 2. The van der Waals surface area contributed by atoms with Gasteiger partial charge in [0.25, 0.3) is 0 Å². The van der Waals surface area contributed by atoms with Crippen molar-refractivity contribution in [2.24, 2.45) is 0 Å². The molecule has 1 saturated heterocycles. The Bertz CT molecular complexity index is 753. The van der Waals surface area contributed by atoms with Crippen molar-refractivity contribution < 1.29 is 27.4 Å². The van der Waals surface area contributed by atoms with Crippen LogP contribution in [-0.4, -0.2) is 42.9 Å². The zero-order valence-corrected chi connectivity index (χ0v) is 13.7. The van der Waals surface area contributed by atoms with Crippen molar-refractivity contribution in [2.45, 2.75) is 12.3 Å². The van der Waals surface area contributed by atoms with Gasteiger partial charge in [0.15, 0.2) is 11.9 Å². The SMILES string of the molecule is O=C(Nc1ccccc1Oc1ccccc1)N1CCO[C@H](C(F)(F)F)C1. The second-order valence-corrected chi connectivity index (χ2v) is 5.69. The smallest absolute Gasteiger partial charge is 0.416 e. The van der Waals surface area contributed by atoms with E-state index in [1.54, 1.807) is 36.4 Å². The van der Waals surface area contributed by atoms with Crippen LogP contribution >= 0.6 is 0 Å². The molecule has 1 N–H and O–H groups in total. The third-order valence-corrected chi connectivity index (χ3v) is 3.82. The van der Waals surface area contributed by atoms with Gasteiger partial charge in [-0.1, -0.05) is 30.3 Å². The number of amides is 2. The number of morpholine rings is 1. The standard InChI is InChI=1S/C18H17F3N2O3/c19-18(20,21)16-12-23(10-11-25-16)17(24)22-14-8-4-5-9-15(14)26-13-6-2-1-3-7-13/h1-9,16H,10-12H2,(H,22,24)/t16-/m0/s1. The fourth-order valence-electron chi connectivity index (χ4n) is 2.50. The number of para-hydroxylation sites is 3. The highest BCUT2D eigenvalue weighted by Gasteiger charge is 2.44. The summed E-state index contributed by atoms with van der Waals surface area (Å²) < 4.78 is 48.9. The van der Waals surface area contributed by atoms with E-state index in [1.165, 1.54) is 0 Å². The van der Waals surface area contributed by atoms with Gasteiger partial charge in [0.1, 0.15) is 5.75 Å². The van der Waals surface area contributed by atoms with Gasteiger partial charge in [-0.15, -0.1) is 0 Å². The lowest BCUT2D eigenvalue weighted by molar-refractivity contribution is -0.233. The van der Waals surface area contributed by atoms with Gasteiger partial charge in [-0.25, -0.2) is 4.79 Å². The van der Waals surface area contributed by atoms with Crippen molar-refractivity contribution in [2.75, 3.05) is 25.0 Å². The van der Waals surface area contributed by atoms with Crippen LogP contribution in [0.5, 0.6) is 11.5 Å². The molecule has 1 aliphatic heterocycles. The topological polar surface area (TPSA) is 50.8 Å². The Kier molecular flexibility index (Phi) is 5.32. The molecule has 5 nitrogen and oxygen atoms in total. The molecule has 0 spiro atoms. The Balaban J connectivity index is 1.70. The summed E-state index contributed by atoms with van der Waals surface area (Å²) in [6.07, 6.45) is -6.48. The quantitative estimate of drug-likeness (QED) is 0.882. The second-order valence-electron chi connectivity index (χ2n) is 5.69. The zero-order valence-electron chi connectivity index (χ0n) is 13.7. The predicted molar refractivity (Wildman–Crippen MR) is 89.3 cm³/mol. The van der Waals surface area contributed by atoms with Gasteiger partial charge in [-0.3, -0.25) is 0 Å². The first-order chi connectivity index (χ1) is 12.4.